The SMILES string of the molecule is Cc1ncsc1CC(=O)NN. The molecule has 3 N–H and O–H groups in total. The Kier molecular flexibility index (Phi) is 2.56. The normalized spacial score (nSPS) is 9.64. The Morgan fingerprint density at radius 2 is 2.64 bits per heavy atom. The summed E-state index contributed by atoms with van der Waals surface area (Å²) in [6.07, 6.45) is 0.326. The third-order valence-electron chi connectivity index (χ3n) is 1.33. The second-order valence-corrected chi connectivity index (χ2v) is 3.04. The van der Waals surface area contributed by atoms with E-state index in [1.807, 2.05) is 6.92 Å². The Morgan fingerprint density at radius 3 is 3.09 bits per heavy atom. The van der Waals surface area contributed by atoms with Crippen LogP contribution in [0.15, 0.2) is 5.51 Å². The predicted molar refractivity (Wildman–Crippen MR) is 42.9 cm³/mol. The van der Waals surface area contributed by atoms with Crippen molar-refractivity contribution >= 4 is 17.2 Å². The summed E-state index contributed by atoms with van der Waals surface area (Å²) in [5.41, 5.74) is 4.69. The maximum absolute atomic E-state index is 10.8. The number of carbonyl (C=O) groups is 1. The van der Waals surface area contributed by atoms with Crippen LogP contribution in [0.5, 0.6) is 0 Å². The summed E-state index contributed by atoms with van der Waals surface area (Å²) in [5, 5.41) is 0. The number of hydrogen-bond acceptors (Lipinski definition) is 4. The molecular weight excluding hydrogens is 162 g/mol. The van der Waals surface area contributed by atoms with Gasteiger partial charge in [-0.2, -0.15) is 0 Å². The predicted octanol–water partition coefficient (Wildman–Crippen LogP) is -0.0161. The lowest BCUT2D eigenvalue weighted by Gasteiger charge is -1.95. The molecule has 1 rings (SSSR count). The van der Waals surface area contributed by atoms with Gasteiger partial charge < -0.3 is 0 Å². The van der Waals surface area contributed by atoms with E-state index < -0.39 is 0 Å². The van der Waals surface area contributed by atoms with E-state index >= 15 is 0 Å². The zero-order chi connectivity index (χ0) is 8.27. The molecule has 1 heterocycles. The van der Waals surface area contributed by atoms with E-state index in [0.29, 0.717) is 6.42 Å². The van der Waals surface area contributed by atoms with Gasteiger partial charge in [0.05, 0.1) is 17.6 Å². The van der Waals surface area contributed by atoms with Gasteiger partial charge >= 0.3 is 0 Å². The van der Waals surface area contributed by atoms with Gasteiger partial charge in [0, 0.05) is 4.88 Å². The Hall–Kier alpha value is -0.940. The monoisotopic (exact) mass is 171 g/mol. The Bertz CT molecular complexity index is 258. The fraction of sp³-hybridized carbons (Fsp3) is 0.333. The highest BCUT2D eigenvalue weighted by molar-refractivity contribution is 7.09. The van der Waals surface area contributed by atoms with Crippen LogP contribution in [0.4, 0.5) is 0 Å². The summed E-state index contributed by atoms with van der Waals surface area (Å²) < 4.78 is 0. The summed E-state index contributed by atoms with van der Waals surface area (Å²) in [6, 6.07) is 0. The van der Waals surface area contributed by atoms with E-state index in [-0.39, 0.29) is 5.91 Å². The highest BCUT2D eigenvalue weighted by atomic mass is 32.1. The highest BCUT2D eigenvalue weighted by Crippen LogP contribution is 2.11. The summed E-state index contributed by atoms with van der Waals surface area (Å²) in [6.45, 7) is 1.87. The number of nitrogens with zero attached hydrogens (tertiary/aromatic N) is 1. The van der Waals surface area contributed by atoms with Crippen molar-refractivity contribution in [3.63, 3.8) is 0 Å². The van der Waals surface area contributed by atoms with Gasteiger partial charge in [-0.05, 0) is 6.92 Å². The number of thiazole rings is 1. The summed E-state index contributed by atoms with van der Waals surface area (Å²) in [5.74, 6) is 4.74. The molecule has 0 spiro atoms. The highest BCUT2D eigenvalue weighted by Gasteiger charge is 2.05. The van der Waals surface area contributed by atoms with Gasteiger partial charge in [0.15, 0.2) is 0 Å². The molecule has 11 heavy (non-hydrogen) atoms. The second-order valence-electron chi connectivity index (χ2n) is 2.11. The third-order valence-corrected chi connectivity index (χ3v) is 2.26. The summed E-state index contributed by atoms with van der Waals surface area (Å²) >= 11 is 1.47. The van der Waals surface area contributed by atoms with Gasteiger partial charge in [-0.15, -0.1) is 11.3 Å². The Morgan fingerprint density at radius 1 is 1.91 bits per heavy atom. The molecule has 4 nitrogen and oxygen atoms in total. The Labute approximate surface area is 68.4 Å². The van der Waals surface area contributed by atoms with Crippen molar-refractivity contribution in [2.24, 2.45) is 5.84 Å². The number of amides is 1. The summed E-state index contributed by atoms with van der Waals surface area (Å²) in [4.78, 5) is 15.7. The number of nitrogens with one attached hydrogen (secondary N) is 1. The number of hydrogen-bond donors (Lipinski definition) is 2. The third kappa shape index (κ3) is 1.99. The molecule has 0 unspecified atom stereocenters. The summed E-state index contributed by atoms with van der Waals surface area (Å²) in [7, 11) is 0. The van der Waals surface area contributed by atoms with Gasteiger partial charge in [0.25, 0.3) is 0 Å². The molecule has 0 saturated carbocycles. The lowest BCUT2D eigenvalue weighted by atomic mass is 10.3. The first-order valence-corrected chi connectivity index (χ1v) is 4.00. The van der Waals surface area contributed by atoms with Gasteiger partial charge in [-0.25, -0.2) is 10.8 Å². The maximum Gasteiger partial charge on any atom is 0.239 e. The van der Waals surface area contributed by atoms with Gasteiger partial charge in [0.2, 0.25) is 5.91 Å². The van der Waals surface area contributed by atoms with Crippen LogP contribution in [0.1, 0.15) is 10.6 Å². The number of aromatic nitrogens is 1. The first-order chi connectivity index (χ1) is 5.24. The molecule has 0 aliphatic carbocycles. The first kappa shape index (κ1) is 8.16. The molecule has 0 saturated heterocycles. The minimum atomic E-state index is -0.183. The molecule has 1 aromatic heterocycles. The van der Waals surface area contributed by atoms with E-state index in [2.05, 4.69) is 10.4 Å². The molecule has 1 amide bonds. The van der Waals surface area contributed by atoms with Crippen LogP contribution in [0.25, 0.3) is 0 Å². The standard InChI is InChI=1S/C6H9N3OS/c1-4-5(11-3-8-4)2-6(10)9-7/h3H,2,7H2,1H3,(H,9,10). The maximum atomic E-state index is 10.8. The average Bonchev–Trinajstić information content (AvgIpc) is 2.37. The van der Waals surface area contributed by atoms with E-state index in [4.69, 9.17) is 5.84 Å². The molecule has 60 valence electrons. The van der Waals surface area contributed by atoms with Crippen LogP contribution in [0.3, 0.4) is 0 Å². The van der Waals surface area contributed by atoms with E-state index in [1.54, 1.807) is 5.51 Å². The van der Waals surface area contributed by atoms with Crippen LogP contribution in [-0.2, 0) is 11.2 Å². The van der Waals surface area contributed by atoms with Gasteiger partial charge in [-0.3, -0.25) is 10.2 Å². The van der Waals surface area contributed by atoms with Crippen molar-refractivity contribution in [1.82, 2.24) is 10.4 Å². The van der Waals surface area contributed by atoms with Crippen LogP contribution in [-0.4, -0.2) is 10.9 Å². The molecule has 0 aliphatic heterocycles. The lowest BCUT2D eigenvalue weighted by Crippen LogP contribution is -2.31. The molecule has 0 aromatic carbocycles. The minimum absolute atomic E-state index is 0.183. The molecule has 0 aliphatic rings. The Balaban J connectivity index is 2.64. The fourth-order valence-corrected chi connectivity index (χ4v) is 1.47. The largest absolute Gasteiger partial charge is 0.294 e. The lowest BCUT2D eigenvalue weighted by molar-refractivity contribution is -0.120. The van der Waals surface area contributed by atoms with Crippen molar-refractivity contribution in [2.45, 2.75) is 13.3 Å². The zero-order valence-electron chi connectivity index (χ0n) is 6.13. The van der Waals surface area contributed by atoms with Crippen molar-refractivity contribution < 1.29 is 4.79 Å². The van der Waals surface area contributed by atoms with Gasteiger partial charge in [-0.1, -0.05) is 0 Å². The number of aryl methyl sites for hydroxylation is 1. The number of nitrogens with two attached hydrogens (primary N) is 1. The molecule has 5 heteroatoms. The van der Waals surface area contributed by atoms with E-state index in [1.165, 1.54) is 11.3 Å². The van der Waals surface area contributed by atoms with Gasteiger partial charge in [0.1, 0.15) is 0 Å². The number of carbonyl (C=O) groups excluding carboxylic acids is 1. The van der Waals surface area contributed by atoms with Crippen molar-refractivity contribution in [3.05, 3.63) is 16.1 Å². The molecular formula is C6H9N3OS. The van der Waals surface area contributed by atoms with Crippen LogP contribution in [0, 0.1) is 6.92 Å². The molecule has 0 fully saturated rings. The minimum Gasteiger partial charge on any atom is -0.294 e. The van der Waals surface area contributed by atoms with E-state index in [9.17, 15) is 4.79 Å². The van der Waals surface area contributed by atoms with E-state index in [0.717, 1.165) is 10.6 Å². The van der Waals surface area contributed by atoms with Crippen molar-refractivity contribution in [2.75, 3.05) is 0 Å². The molecule has 1 aromatic rings. The second kappa shape index (κ2) is 3.45. The smallest absolute Gasteiger partial charge is 0.239 e. The number of rotatable bonds is 2. The fourth-order valence-electron chi connectivity index (χ4n) is 0.693. The quantitative estimate of drug-likeness (QED) is 0.373. The first-order valence-electron chi connectivity index (χ1n) is 3.12. The number of hydrazine groups is 1. The van der Waals surface area contributed by atoms with Crippen molar-refractivity contribution in [1.29, 1.82) is 0 Å². The van der Waals surface area contributed by atoms with Crippen LogP contribution < -0.4 is 11.3 Å². The molecule has 0 radical (unpaired) electrons. The van der Waals surface area contributed by atoms with Crippen LogP contribution >= 0.6 is 11.3 Å². The molecule has 0 atom stereocenters. The topological polar surface area (TPSA) is 68.0 Å². The molecule has 0 bridgehead atoms. The van der Waals surface area contributed by atoms with Crippen molar-refractivity contribution in [3.8, 4) is 0 Å². The zero-order valence-corrected chi connectivity index (χ0v) is 6.94. The van der Waals surface area contributed by atoms with Crippen LogP contribution in [0.2, 0.25) is 0 Å². The average molecular weight is 171 g/mol.